The van der Waals surface area contributed by atoms with Crippen molar-refractivity contribution in [3.8, 4) is 0 Å². The average Bonchev–Trinajstić information content (AvgIpc) is 2.94. The molecular formula is C12H12O5. The lowest BCUT2D eigenvalue weighted by Crippen LogP contribution is -2.14. The maximum atomic E-state index is 11.6. The summed E-state index contributed by atoms with van der Waals surface area (Å²) in [5.41, 5.74) is 0. The second kappa shape index (κ2) is 4.95. The number of furan rings is 1. The smallest absolute Gasteiger partial charge is 0.309 e. The van der Waals surface area contributed by atoms with Crippen LogP contribution >= 0.6 is 0 Å². The minimum Gasteiger partial charge on any atom is -0.457 e. The van der Waals surface area contributed by atoms with E-state index in [1.807, 2.05) is 0 Å². The minimum absolute atomic E-state index is 0.00262. The molecule has 1 atom stereocenters. The molecule has 1 aromatic heterocycles. The number of hydrogen-bond acceptors (Lipinski definition) is 5. The molecule has 2 rings (SSSR count). The molecule has 1 fully saturated rings. The first kappa shape index (κ1) is 11.6. The van der Waals surface area contributed by atoms with Crippen molar-refractivity contribution < 1.29 is 23.5 Å². The van der Waals surface area contributed by atoms with E-state index < -0.39 is 0 Å². The highest BCUT2D eigenvalue weighted by Crippen LogP contribution is 2.23. The highest BCUT2D eigenvalue weighted by atomic mass is 16.5. The highest BCUT2D eigenvalue weighted by Gasteiger charge is 2.29. The van der Waals surface area contributed by atoms with Gasteiger partial charge in [0.15, 0.2) is 12.0 Å². The Bertz CT molecular complexity index is 446. The van der Waals surface area contributed by atoms with Crippen LogP contribution in [0, 0.1) is 5.92 Å². The lowest BCUT2D eigenvalue weighted by Gasteiger charge is -2.07. The lowest BCUT2D eigenvalue weighted by atomic mass is 10.1. The fraction of sp³-hybridized carbons (Fsp3) is 0.417. The summed E-state index contributed by atoms with van der Waals surface area (Å²) >= 11 is 0. The highest BCUT2D eigenvalue weighted by molar-refractivity contribution is 5.87. The largest absolute Gasteiger partial charge is 0.457 e. The molecule has 0 spiro atoms. The van der Waals surface area contributed by atoms with Crippen molar-refractivity contribution in [2.75, 3.05) is 0 Å². The second-order valence-electron chi connectivity index (χ2n) is 4.01. The van der Waals surface area contributed by atoms with Gasteiger partial charge in [-0.3, -0.25) is 14.4 Å². The summed E-state index contributed by atoms with van der Waals surface area (Å²) in [4.78, 5) is 32.9. The molecule has 1 aliphatic carbocycles. The number of carbonyl (C=O) groups excluding carboxylic acids is 3. The Morgan fingerprint density at radius 2 is 2.35 bits per heavy atom. The Kier molecular flexibility index (Phi) is 3.37. The summed E-state index contributed by atoms with van der Waals surface area (Å²) in [5, 5.41) is 0. The van der Waals surface area contributed by atoms with Crippen molar-refractivity contribution in [3.63, 3.8) is 0 Å². The molecular weight excluding hydrogens is 224 g/mol. The number of carbonyl (C=O) groups is 3. The van der Waals surface area contributed by atoms with Crippen molar-refractivity contribution in [2.24, 2.45) is 5.92 Å². The van der Waals surface area contributed by atoms with Gasteiger partial charge in [0, 0.05) is 12.8 Å². The summed E-state index contributed by atoms with van der Waals surface area (Å²) in [6.45, 7) is -0.00262. The van der Waals surface area contributed by atoms with E-state index in [2.05, 4.69) is 0 Å². The topological polar surface area (TPSA) is 73.6 Å². The molecule has 1 saturated carbocycles. The van der Waals surface area contributed by atoms with Gasteiger partial charge in [0.2, 0.25) is 0 Å². The molecule has 17 heavy (non-hydrogen) atoms. The summed E-state index contributed by atoms with van der Waals surface area (Å²) in [6, 6.07) is 3.09. The second-order valence-corrected chi connectivity index (χ2v) is 4.01. The van der Waals surface area contributed by atoms with Gasteiger partial charge in [0.05, 0.1) is 5.92 Å². The van der Waals surface area contributed by atoms with Crippen molar-refractivity contribution >= 4 is 18.0 Å². The predicted octanol–water partition coefficient (Wildman–Crippen LogP) is 1.50. The van der Waals surface area contributed by atoms with E-state index in [0.717, 1.165) is 0 Å². The number of ether oxygens (including phenoxy) is 1. The van der Waals surface area contributed by atoms with E-state index in [1.54, 1.807) is 6.07 Å². The van der Waals surface area contributed by atoms with Crippen LogP contribution in [-0.4, -0.2) is 18.0 Å². The van der Waals surface area contributed by atoms with Crippen LogP contribution in [0.3, 0.4) is 0 Å². The molecule has 5 nitrogen and oxygen atoms in total. The molecule has 0 aliphatic heterocycles. The summed E-state index contributed by atoms with van der Waals surface area (Å²) in [7, 11) is 0. The van der Waals surface area contributed by atoms with Crippen molar-refractivity contribution in [3.05, 3.63) is 23.7 Å². The number of aldehydes is 1. The van der Waals surface area contributed by atoms with Crippen LogP contribution in [0.5, 0.6) is 0 Å². The molecule has 0 unspecified atom stereocenters. The molecule has 90 valence electrons. The first-order valence-electron chi connectivity index (χ1n) is 5.41. The molecule has 1 heterocycles. The van der Waals surface area contributed by atoms with Crippen LogP contribution in [0.25, 0.3) is 0 Å². The number of hydrogen-bond donors (Lipinski definition) is 0. The van der Waals surface area contributed by atoms with Gasteiger partial charge in [-0.1, -0.05) is 0 Å². The number of rotatable bonds is 4. The van der Waals surface area contributed by atoms with E-state index in [9.17, 15) is 14.4 Å². The summed E-state index contributed by atoms with van der Waals surface area (Å²) < 4.78 is 10.1. The van der Waals surface area contributed by atoms with E-state index in [1.165, 1.54) is 6.07 Å². The Morgan fingerprint density at radius 1 is 1.53 bits per heavy atom. The first-order chi connectivity index (χ1) is 8.19. The fourth-order valence-corrected chi connectivity index (χ4v) is 1.81. The van der Waals surface area contributed by atoms with E-state index in [0.29, 0.717) is 24.9 Å². The summed E-state index contributed by atoms with van der Waals surface area (Å²) in [6.07, 6.45) is 1.88. The van der Waals surface area contributed by atoms with Gasteiger partial charge < -0.3 is 9.15 Å². The molecule has 1 aromatic rings. The SMILES string of the molecule is O=Cc1ccc(COC(=O)[C@@H]2CCC(=O)C2)o1. The number of esters is 1. The van der Waals surface area contributed by atoms with Gasteiger partial charge in [-0.15, -0.1) is 0 Å². The molecule has 0 saturated heterocycles. The molecule has 0 radical (unpaired) electrons. The van der Waals surface area contributed by atoms with Crippen LogP contribution in [0.4, 0.5) is 0 Å². The van der Waals surface area contributed by atoms with Gasteiger partial charge in [-0.25, -0.2) is 0 Å². The van der Waals surface area contributed by atoms with Crippen LogP contribution in [-0.2, 0) is 20.9 Å². The number of ketones is 1. The standard InChI is InChI=1S/C12H12O5/c13-6-10-3-4-11(17-10)7-16-12(15)8-1-2-9(14)5-8/h3-4,6,8H,1-2,5,7H2/t8-/m1/s1. The average molecular weight is 236 g/mol. The summed E-state index contributed by atoms with van der Waals surface area (Å²) in [5.74, 6) is 0.0352. The van der Waals surface area contributed by atoms with Crippen molar-refractivity contribution in [1.82, 2.24) is 0 Å². The predicted molar refractivity (Wildman–Crippen MR) is 56.2 cm³/mol. The van der Waals surface area contributed by atoms with Gasteiger partial charge in [-0.05, 0) is 18.6 Å². The molecule has 0 N–H and O–H groups in total. The normalized spacial score (nSPS) is 19.3. The third-order valence-electron chi connectivity index (χ3n) is 2.73. The molecule has 0 aromatic carbocycles. The van der Waals surface area contributed by atoms with E-state index >= 15 is 0 Å². The molecule has 5 heteroatoms. The minimum atomic E-state index is -0.375. The van der Waals surface area contributed by atoms with Crippen LogP contribution < -0.4 is 0 Å². The zero-order chi connectivity index (χ0) is 12.3. The van der Waals surface area contributed by atoms with Gasteiger partial charge in [0.1, 0.15) is 18.2 Å². The maximum Gasteiger partial charge on any atom is 0.309 e. The Hall–Kier alpha value is -1.91. The van der Waals surface area contributed by atoms with Crippen LogP contribution in [0.15, 0.2) is 16.5 Å². The van der Waals surface area contributed by atoms with Crippen molar-refractivity contribution in [2.45, 2.75) is 25.9 Å². The maximum absolute atomic E-state index is 11.6. The Labute approximate surface area is 97.7 Å². The van der Waals surface area contributed by atoms with E-state index in [-0.39, 0.29) is 36.5 Å². The third kappa shape index (κ3) is 2.81. The molecule has 1 aliphatic rings. The first-order valence-corrected chi connectivity index (χ1v) is 5.41. The van der Waals surface area contributed by atoms with Crippen LogP contribution in [0.1, 0.15) is 35.6 Å². The van der Waals surface area contributed by atoms with Crippen LogP contribution in [0.2, 0.25) is 0 Å². The third-order valence-corrected chi connectivity index (χ3v) is 2.73. The van der Waals surface area contributed by atoms with E-state index in [4.69, 9.17) is 9.15 Å². The zero-order valence-corrected chi connectivity index (χ0v) is 9.18. The number of Topliss-reactive ketones (excluding diaryl/α,β-unsaturated/α-hetero) is 1. The lowest BCUT2D eigenvalue weighted by molar-refractivity contribution is -0.150. The molecule has 0 bridgehead atoms. The van der Waals surface area contributed by atoms with Gasteiger partial charge in [-0.2, -0.15) is 0 Å². The van der Waals surface area contributed by atoms with Crippen molar-refractivity contribution in [1.29, 1.82) is 0 Å². The van der Waals surface area contributed by atoms with Gasteiger partial charge in [0.25, 0.3) is 0 Å². The Morgan fingerprint density at radius 3 is 2.94 bits per heavy atom. The quantitative estimate of drug-likeness (QED) is 0.585. The van der Waals surface area contributed by atoms with Gasteiger partial charge >= 0.3 is 5.97 Å². The monoisotopic (exact) mass is 236 g/mol. The zero-order valence-electron chi connectivity index (χ0n) is 9.18. The Balaban J connectivity index is 1.83. The molecule has 0 amide bonds. The fourth-order valence-electron chi connectivity index (χ4n) is 1.81.